The highest BCUT2D eigenvalue weighted by Crippen LogP contribution is 2.47. The van der Waals surface area contributed by atoms with Gasteiger partial charge in [0, 0.05) is 63.5 Å². The minimum atomic E-state index is 0.185. The minimum Gasteiger partial charge on any atom is -0.304 e. The molecule has 2 aliphatic heterocycles. The standard InChI is InChI=1S/C26H32N4O2/c1-27-7-11-29(12-8-27)17-25(31)19-3-5-21-23(15-19)22-6-4-20(16-24(21)22)26(32)18-30-13-9-28(2)10-14-30/h3-6,15-16H,7-14,17-18H2,1-2H3. The lowest BCUT2D eigenvalue weighted by molar-refractivity contribution is 0.0870. The Morgan fingerprint density at radius 1 is 0.594 bits per heavy atom. The zero-order valence-electron chi connectivity index (χ0n) is 19.1. The van der Waals surface area contributed by atoms with Gasteiger partial charge in [0.1, 0.15) is 0 Å². The van der Waals surface area contributed by atoms with Crippen LogP contribution in [0.25, 0.3) is 22.3 Å². The Hall–Kier alpha value is -2.38. The summed E-state index contributed by atoms with van der Waals surface area (Å²) in [5.41, 5.74) is 6.10. The van der Waals surface area contributed by atoms with Crippen molar-refractivity contribution in [1.29, 1.82) is 0 Å². The average Bonchev–Trinajstić information content (AvgIpc) is 2.79. The zero-order valence-corrected chi connectivity index (χ0v) is 19.1. The number of Topliss-reactive ketones (excluding diaryl/α,β-unsaturated/α-hetero) is 2. The molecular weight excluding hydrogens is 400 g/mol. The van der Waals surface area contributed by atoms with Gasteiger partial charge in [-0.2, -0.15) is 0 Å². The van der Waals surface area contributed by atoms with Gasteiger partial charge in [0.15, 0.2) is 11.6 Å². The molecule has 2 fully saturated rings. The molecule has 0 saturated carbocycles. The van der Waals surface area contributed by atoms with Crippen molar-refractivity contribution in [2.24, 2.45) is 0 Å². The largest absolute Gasteiger partial charge is 0.304 e. The third-order valence-corrected chi connectivity index (χ3v) is 7.19. The number of piperazine rings is 2. The van der Waals surface area contributed by atoms with E-state index in [-0.39, 0.29) is 11.6 Å². The van der Waals surface area contributed by atoms with E-state index in [1.54, 1.807) is 0 Å². The van der Waals surface area contributed by atoms with Crippen LogP contribution in [0.1, 0.15) is 20.7 Å². The molecule has 168 valence electrons. The zero-order chi connectivity index (χ0) is 22.2. The fourth-order valence-corrected chi connectivity index (χ4v) is 4.89. The second-order valence-electron chi connectivity index (χ2n) is 9.53. The SMILES string of the molecule is CN1CCN(CC(=O)c2ccc3c(c2)-c2ccc(C(=O)CN4CCN(C)CC4)cc2-3)CC1. The van der Waals surface area contributed by atoms with Crippen LogP contribution in [0.15, 0.2) is 36.4 Å². The summed E-state index contributed by atoms with van der Waals surface area (Å²) in [6.07, 6.45) is 0. The van der Waals surface area contributed by atoms with E-state index in [4.69, 9.17) is 0 Å². The summed E-state index contributed by atoms with van der Waals surface area (Å²) in [5, 5.41) is 0. The maximum atomic E-state index is 12.8. The molecule has 1 aliphatic carbocycles. The predicted molar refractivity (Wildman–Crippen MR) is 127 cm³/mol. The van der Waals surface area contributed by atoms with E-state index in [1.165, 1.54) is 0 Å². The van der Waals surface area contributed by atoms with Crippen LogP contribution < -0.4 is 0 Å². The first-order chi connectivity index (χ1) is 15.5. The second-order valence-corrected chi connectivity index (χ2v) is 9.53. The smallest absolute Gasteiger partial charge is 0.176 e. The van der Waals surface area contributed by atoms with E-state index in [0.717, 1.165) is 85.7 Å². The molecule has 32 heavy (non-hydrogen) atoms. The number of carbonyl (C=O) groups is 2. The first-order valence-corrected chi connectivity index (χ1v) is 11.6. The number of hydrogen-bond acceptors (Lipinski definition) is 6. The molecule has 2 aromatic carbocycles. The molecule has 0 atom stereocenters. The number of ketones is 2. The van der Waals surface area contributed by atoms with Crippen molar-refractivity contribution in [3.8, 4) is 22.3 Å². The first kappa shape index (κ1) is 21.5. The van der Waals surface area contributed by atoms with Crippen LogP contribution in [0.4, 0.5) is 0 Å². The summed E-state index contributed by atoms with van der Waals surface area (Å²) in [6.45, 7) is 8.81. The van der Waals surface area contributed by atoms with Crippen molar-refractivity contribution in [2.45, 2.75) is 0 Å². The number of rotatable bonds is 6. The van der Waals surface area contributed by atoms with Crippen LogP contribution in [0, 0.1) is 0 Å². The van der Waals surface area contributed by atoms with Gasteiger partial charge in [0.25, 0.3) is 0 Å². The van der Waals surface area contributed by atoms with Crippen molar-refractivity contribution in [1.82, 2.24) is 19.6 Å². The van der Waals surface area contributed by atoms with E-state index in [1.807, 2.05) is 36.4 Å². The average molecular weight is 433 g/mol. The maximum Gasteiger partial charge on any atom is 0.176 e. The lowest BCUT2D eigenvalue weighted by Crippen LogP contribution is -2.46. The quantitative estimate of drug-likeness (QED) is 0.557. The summed E-state index contributed by atoms with van der Waals surface area (Å²) >= 11 is 0. The summed E-state index contributed by atoms with van der Waals surface area (Å²) in [5.74, 6) is 0.370. The summed E-state index contributed by atoms with van der Waals surface area (Å²) < 4.78 is 0. The Labute approximate surface area is 190 Å². The predicted octanol–water partition coefficient (Wildman–Crippen LogP) is 2.19. The van der Waals surface area contributed by atoms with Crippen LogP contribution in [0.3, 0.4) is 0 Å². The fraction of sp³-hybridized carbons (Fsp3) is 0.462. The van der Waals surface area contributed by atoms with Gasteiger partial charge in [0.05, 0.1) is 13.1 Å². The lowest BCUT2D eigenvalue weighted by atomic mass is 9.78. The number of benzene rings is 2. The van der Waals surface area contributed by atoms with Gasteiger partial charge in [-0.05, 0) is 48.5 Å². The second kappa shape index (κ2) is 8.87. The van der Waals surface area contributed by atoms with Gasteiger partial charge in [-0.25, -0.2) is 0 Å². The molecule has 5 rings (SSSR count). The molecule has 6 nitrogen and oxygen atoms in total. The molecule has 0 aromatic heterocycles. The Morgan fingerprint density at radius 3 is 1.34 bits per heavy atom. The molecule has 0 radical (unpaired) electrons. The maximum absolute atomic E-state index is 12.8. The van der Waals surface area contributed by atoms with Gasteiger partial charge in [0.2, 0.25) is 0 Å². The van der Waals surface area contributed by atoms with Crippen LogP contribution in [0.2, 0.25) is 0 Å². The van der Waals surface area contributed by atoms with E-state index in [9.17, 15) is 9.59 Å². The number of nitrogens with zero attached hydrogens (tertiary/aromatic N) is 4. The van der Waals surface area contributed by atoms with Crippen LogP contribution in [-0.4, -0.2) is 111 Å². The number of carbonyl (C=O) groups excluding carboxylic acids is 2. The molecule has 2 heterocycles. The highest BCUT2D eigenvalue weighted by Gasteiger charge is 2.26. The number of likely N-dealkylation sites (N-methyl/N-ethyl adjacent to an activating group) is 2. The van der Waals surface area contributed by atoms with Crippen molar-refractivity contribution in [3.63, 3.8) is 0 Å². The van der Waals surface area contributed by atoms with Gasteiger partial charge in [-0.1, -0.05) is 24.3 Å². The molecule has 2 aromatic rings. The van der Waals surface area contributed by atoms with Crippen LogP contribution >= 0.6 is 0 Å². The Bertz CT molecular complexity index is 936. The van der Waals surface area contributed by atoms with E-state index >= 15 is 0 Å². The molecule has 3 aliphatic rings. The van der Waals surface area contributed by atoms with E-state index < -0.39 is 0 Å². The molecule has 6 heteroatoms. The topological polar surface area (TPSA) is 47.1 Å². The molecule has 0 spiro atoms. The van der Waals surface area contributed by atoms with Crippen molar-refractivity contribution in [3.05, 3.63) is 47.5 Å². The third kappa shape index (κ3) is 4.28. The highest BCUT2D eigenvalue weighted by molar-refractivity contribution is 6.09. The molecule has 0 bridgehead atoms. The highest BCUT2D eigenvalue weighted by atomic mass is 16.1. The van der Waals surface area contributed by atoms with Gasteiger partial charge in [-0.15, -0.1) is 0 Å². The Morgan fingerprint density at radius 2 is 0.969 bits per heavy atom. The fourth-order valence-electron chi connectivity index (χ4n) is 4.89. The molecular formula is C26H32N4O2. The Kier molecular flexibility index (Phi) is 5.95. The summed E-state index contributed by atoms with van der Waals surface area (Å²) in [6, 6.07) is 12.0. The van der Waals surface area contributed by atoms with Gasteiger partial charge < -0.3 is 9.80 Å². The van der Waals surface area contributed by atoms with Crippen molar-refractivity contribution >= 4 is 11.6 Å². The van der Waals surface area contributed by atoms with E-state index in [0.29, 0.717) is 13.1 Å². The van der Waals surface area contributed by atoms with Crippen molar-refractivity contribution in [2.75, 3.05) is 79.5 Å². The normalized spacial score (nSPS) is 19.8. The molecule has 0 amide bonds. The van der Waals surface area contributed by atoms with Crippen LogP contribution in [0.5, 0.6) is 0 Å². The van der Waals surface area contributed by atoms with Crippen molar-refractivity contribution < 1.29 is 9.59 Å². The van der Waals surface area contributed by atoms with Crippen LogP contribution in [-0.2, 0) is 0 Å². The lowest BCUT2D eigenvalue weighted by Gasteiger charge is -2.32. The Balaban J connectivity index is 1.24. The third-order valence-electron chi connectivity index (χ3n) is 7.19. The summed E-state index contributed by atoms with van der Waals surface area (Å²) in [4.78, 5) is 34.8. The molecule has 0 N–H and O–H groups in total. The van der Waals surface area contributed by atoms with Gasteiger partial charge in [-0.3, -0.25) is 19.4 Å². The van der Waals surface area contributed by atoms with Gasteiger partial charge >= 0.3 is 0 Å². The molecule has 0 unspecified atom stereocenters. The minimum absolute atomic E-state index is 0.185. The number of fused-ring (bicyclic) bond motifs is 4. The summed E-state index contributed by atoms with van der Waals surface area (Å²) in [7, 11) is 4.25. The number of hydrogen-bond donors (Lipinski definition) is 0. The van der Waals surface area contributed by atoms with E-state index in [2.05, 4.69) is 33.7 Å². The first-order valence-electron chi connectivity index (χ1n) is 11.6. The monoisotopic (exact) mass is 432 g/mol. The molecule has 2 saturated heterocycles.